The fourth-order valence-electron chi connectivity index (χ4n) is 0.983. The van der Waals surface area contributed by atoms with Crippen LogP contribution in [-0.4, -0.2) is 0 Å². The van der Waals surface area contributed by atoms with Crippen LogP contribution in [-0.2, 0) is 17.1 Å². The van der Waals surface area contributed by atoms with Gasteiger partial charge in [-0.05, 0) is 25.0 Å². The molecule has 0 N–H and O–H groups in total. The number of hydrogen-bond donors (Lipinski definition) is 0. The third kappa shape index (κ3) is 4.96. The summed E-state index contributed by atoms with van der Waals surface area (Å²) in [4.78, 5) is 0. The number of rotatable bonds is 0. The Kier molecular flexibility index (Phi) is 7.00. The Balaban J connectivity index is 0.000000246. The number of aryl methyl sites for hydroxylation is 2. The van der Waals surface area contributed by atoms with Crippen LogP contribution in [0.25, 0.3) is 0 Å². The van der Waals surface area contributed by atoms with Crippen molar-refractivity contribution in [1.29, 1.82) is 0 Å². The molecule has 0 saturated heterocycles. The van der Waals surface area contributed by atoms with Crippen LogP contribution in [0.1, 0.15) is 11.1 Å². The van der Waals surface area contributed by atoms with Gasteiger partial charge < -0.3 is 0 Å². The van der Waals surface area contributed by atoms with E-state index in [9.17, 15) is 0 Å². The first-order chi connectivity index (χ1) is 6.30. The van der Waals surface area contributed by atoms with Gasteiger partial charge in [0.2, 0.25) is 0 Å². The molecular weight excluding hydrogens is 212 g/mol. The van der Waals surface area contributed by atoms with E-state index in [4.69, 9.17) is 0 Å². The Hall–Kier alpha value is -0.911. The van der Waals surface area contributed by atoms with Gasteiger partial charge in [0, 0.05) is 17.1 Å². The van der Waals surface area contributed by atoms with E-state index < -0.39 is 0 Å². The van der Waals surface area contributed by atoms with Gasteiger partial charge in [-0.15, -0.1) is 0 Å². The maximum Gasteiger partial charge on any atom is 0 e. The summed E-state index contributed by atoms with van der Waals surface area (Å²) in [6, 6.07) is 18.4. The molecule has 0 aromatic heterocycles. The van der Waals surface area contributed by atoms with Crippen LogP contribution in [0.4, 0.5) is 0 Å². The molecule has 14 heavy (non-hydrogen) atoms. The molecule has 0 heterocycles. The van der Waals surface area contributed by atoms with Crippen molar-refractivity contribution in [2.45, 2.75) is 13.8 Å². The molecule has 0 aliphatic rings. The molecule has 2 rings (SSSR count). The molecule has 0 unspecified atom stereocenters. The molecule has 0 amide bonds. The molecule has 0 bridgehead atoms. The minimum Gasteiger partial charge on any atom is -0.214 e. The monoisotopic (exact) mass is 227 g/mol. The van der Waals surface area contributed by atoms with E-state index in [-0.39, 0.29) is 17.1 Å². The Bertz CT molecular complexity index is 285. The summed E-state index contributed by atoms with van der Waals surface area (Å²) in [6.45, 7) is 4.24. The zero-order valence-corrected chi connectivity index (χ0v) is 9.65. The van der Waals surface area contributed by atoms with Crippen LogP contribution in [0, 0.1) is 13.8 Å². The van der Waals surface area contributed by atoms with Crippen molar-refractivity contribution < 1.29 is 17.1 Å². The first-order valence-corrected chi connectivity index (χ1v) is 4.49. The van der Waals surface area contributed by atoms with Gasteiger partial charge in [-0.3, -0.25) is 0 Å². The zero-order chi connectivity index (χ0) is 9.52. The van der Waals surface area contributed by atoms with Crippen LogP contribution >= 0.6 is 0 Å². The van der Waals surface area contributed by atoms with E-state index in [1.54, 1.807) is 0 Å². The summed E-state index contributed by atoms with van der Waals surface area (Å²) in [5.41, 5.74) is 2.74. The van der Waals surface area contributed by atoms with Crippen LogP contribution in [0.2, 0.25) is 0 Å². The maximum atomic E-state index is 2.12. The molecule has 76 valence electrons. The van der Waals surface area contributed by atoms with E-state index in [2.05, 4.69) is 38.1 Å². The number of benzene rings is 1. The summed E-state index contributed by atoms with van der Waals surface area (Å²) in [5, 5.41) is 0. The van der Waals surface area contributed by atoms with E-state index in [0.29, 0.717) is 0 Å². The van der Waals surface area contributed by atoms with Gasteiger partial charge in [0.1, 0.15) is 0 Å². The summed E-state index contributed by atoms with van der Waals surface area (Å²) in [6.07, 6.45) is 0. The van der Waals surface area contributed by atoms with Crippen molar-refractivity contribution in [2.24, 2.45) is 0 Å². The summed E-state index contributed by atoms with van der Waals surface area (Å²) in [7, 11) is 0. The second-order valence-corrected chi connectivity index (χ2v) is 3.05. The van der Waals surface area contributed by atoms with Crippen LogP contribution < -0.4 is 0 Å². The predicted molar refractivity (Wildman–Crippen MR) is 58.0 cm³/mol. The standard InChI is InChI=1S/C8H10.C5H5.Fe/c1-7-5-3-4-6-8(7)2;1-2-4-5-3-1;/h3-6H,1-2H3;1-5H;/q;-1;. The summed E-state index contributed by atoms with van der Waals surface area (Å²) in [5.74, 6) is 0. The largest absolute Gasteiger partial charge is 0.214 e. The fraction of sp³-hybridized carbons (Fsp3) is 0.154. The van der Waals surface area contributed by atoms with Gasteiger partial charge in [0.05, 0.1) is 0 Å². The van der Waals surface area contributed by atoms with Crippen molar-refractivity contribution in [2.75, 3.05) is 0 Å². The minimum absolute atomic E-state index is 0. The zero-order valence-electron chi connectivity index (χ0n) is 8.55. The molecule has 0 spiro atoms. The van der Waals surface area contributed by atoms with Crippen LogP contribution in [0.5, 0.6) is 0 Å². The van der Waals surface area contributed by atoms with E-state index in [1.165, 1.54) is 11.1 Å². The smallest absolute Gasteiger partial charge is 0 e. The fourth-order valence-corrected chi connectivity index (χ4v) is 0.983. The van der Waals surface area contributed by atoms with Gasteiger partial charge in [0.25, 0.3) is 0 Å². The van der Waals surface area contributed by atoms with Gasteiger partial charge in [-0.2, -0.15) is 18.2 Å². The first kappa shape index (κ1) is 13.1. The second kappa shape index (κ2) is 7.49. The Morgan fingerprint density at radius 2 is 1.21 bits per heavy atom. The third-order valence-electron chi connectivity index (χ3n) is 1.98. The minimum atomic E-state index is 0. The molecule has 0 atom stereocenters. The Morgan fingerprint density at radius 3 is 1.43 bits per heavy atom. The molecule has 0 aliphatic heterocycles. The molecule has 1 heteroatoms. The second-order valence-electron chi connectivity index (χ2n) is 3.05. The average Bonchev–Trinajstić information content (AvgIpc) is 2.68. The molecule has 0 aliphatic carbocycles. The summed E-state index contributed by atoms with van der Waals surface area (Å²) < 4.78 is 0. The van der Waals surface area contributed by atoms with E-state index >= 15 is 0 Å². The quantitative estimate of drug-likeness (QED) is 0.475. The molecule has 2 aromatic carbocycles. The Morgan fingerprint density at radius 1 is 0.786 bits per heavy atom. The normalized spacial score (nSPS) is 8.14. The van der Waals surface area contributed by atoms with Gasteiger partial charge in [-0.1, -0.05) is 24.3 Å². The van der Waals surface area contributed by atoms with E-state index in [0.717, 1.165) is 0 Å². The van der Waals surface area contributed by atoms with Gasteiger partial charge in [-0.25, -0.2) is 12.1 Å². The summed E-state index contributed by atoms with van der Waals surface area (Å²) >= 11 is 0. The molecular formula is C13H15Fe-. The van der Waals surface area contributed by atoms with Crippen LogP contribution in [0.15, 0.2) is 54.6 Å². The van der Waals surface area contributed by atoms with Gasteiger partial charge in [0.15, 0.2) is 0 Å². The topological polar surface area (TPSA) is 0 Å². The SMILES string of the molecule is Cc1ccccc1C.[Fe].c1cc[cH-]c1. The third-order valence-corrected chi connectivity index (χ3v) is 1.98. The van der Waals surface area contributed by atoms with Crippen molar-refractivity contribution in [3.8, 4) is 0 Å². The van der Waals surface area contributed by atoms with Crippen molar-refractivity contribution in [3.63, 3.8) is 0 Å². The van der Waals surface area contributed by atoms with Crippen molar-refractivity contribution in [1.82, 2.24) is 0 Å². The Labute approximate surface area is 96.8 Å². The molecule has 0 saturated carbocycles. The molecule has 0 nitrogen and oxygen atoms in total. The van der Waals surface area contributed by atoms with Crippen LogP contribution in [0.3, 0.4) is 0 Å². The average molecular weight is 227 g/mol. The number of hydrogen-bond acceptors (Lipinski definition) is 0. The van der Waals surface area contributed by atoms with Crippen molar-refractivity contribution >= 4 is 0 Å². The molecule has 2 aromatic rings. The van der Waals surface area contributed by atoms with Crippen molar-refractivity contribution in [3.05, 3.63) is 65.7 Å². The predicted octanol–water partition coefficient (Wildman–Crippen LogP) is 3.71. The molecule has 0 radical (unpaired) electrons. The van der Waals surface area contributed by atoms with E-state index in [1.807, 2.05) is 30.3 Å². The first-order valence-electron chi connectivity index (χ1n) is 4.49. The van der Waals surface area contributed by atoms with Gasteiger partial charge >= 0.3 is 0 Å². The maximum absolute atomic E-state index is 2.12. The molecule has 0 fully saturated rings.